The smallest absolute Gasteiger partial charge is 0.123 e. The van der Waals surface area contributed by atoms with Gasteiger partial charge in [0.15, 0.2) is 0 Å². The maximum atomic E-state index is 9.88. The number of aliphatic hydroxyl groups excluding tert-OH is 1. The molecule has 4 heteroatoms. The molecule has 0 aromatic carbocycles. The number of anilines is 2. The number of hydrogen-bond acceptors (Lipinski definition) is 4. The Morgan fingerprint density at radius 3 is 2.81 bits per heavy atom. The first-order valence-corrected chi connectivity index (χ1v) is 5.63. The van der Waals surface area contributed by atoms with E-state index in [2.05, 4.69) is 23.7 Å². The van der Waals surface area contributed by atoms with Gasteiger partial charge in [-0.05, 0) is 18.6 Å². The summed E-state index contributed by atoms with van der Waals surface area (Å²) in [7, 11) is 0. The van der Waals surface area contributed by atoms with Crippen LogP contribution in [-0.2, 0) is 0 Å². The van der Waals surface area contributed by atoms with Crippen LogP contribution in [0.4, 0.5) is 11.5 Å². The number of rotatable bonds is 1. The molecule has 3 N–H and O–H groups in total. The molecular weight excluding hydrogens is 202 g/mol. The summed E-state index contributed by atoms with van der Waals surface area (Å²) in [5, 5.41) is 9.88. The lowest BCUT2D eigenvalue weighted by Crippen LogP contribution is -2.48. The minimum absolute atomic E-state index is 0.0698. The standard InChI is InChI=1S/C12H19N3O/c1-12(2)8-15(6-5-10(12)16)9-3-4-11(13)14-7-9/h3-4,7,10,16H,5-6,8H2,1-2H3,(H2,13,14)/t10-/m0/s1. The molecule has 88 valence electrons. The van der Waals surface area contributed by atoms with Gasteiger partial charge >= 0.3 is 0 Å². The molecule has 1 atom stereocenters. The lowest BCUT2D eigenvalue weighted by Gasteiger charge is -2.42. The van der Waals surface area contributed by atoms with Crippen molar-refractivity contribution < 1.29 is 5.11 Å². The molecule has 0 saturated carbocycles. The third kappa shape index (κ3) is 2.11. The van der Waals surface area contributed by atoms with E-state index < -0.39 is 0 Å². The van der Waals surface area contributed by atoms with E-state index in [1.807, 2.05) is 12.1 Å². The summed E-state index contributed by atoms with van der Waals surface area (Å²) >= 11 is 0. The third-order valence-electron chi connectivity index (χ3n) is 3.31. The van der Waals surface area contributed by atoms with Crippen LogP contribution in [-0.4, -0.2) is 29.3 Å². The summed E-state index contributed by atoms with van der Waals surface area (Å²) in [6.07, 6.45) is 2.38. The Hall–Kier alpha value is -1.29. The average molecular weight is 221 g/mol. The van der Waals surface area contributed by atoms with Crippen LogP contribution >= 0.6 is 0 Å². The van der Waals surface area contributed by atoms with Gasteiger partial charge in [-0.1, -0.05) is 13.8 Å². The third-order valence-corrected chi connectivity index (χ3v) is 3.31. The quantitative estimate of drug-likeness (QED) is 0.749. The Bertz CT molecular complexity index is 361. The number of piperidine rings is 1. The topological polar surface area (TPSA) is 62.4 Å². The molecular formula is C12H19N3O. The molecule has 0 unspecified atom stereocenters. The highest BCUT2D eigenvalue weighted by atomic mass is 16.3. The van der Waals surface area contributed by atoms with Crippen molar-refractivity contribution in [2.24, 2.45) is 5.41 Å². The van der Waals surface area contributed by atoms with Crippen LogP contribution in [0.15, 0.2) is 18.3 Å². The summed E-state index contributed by atoms with van der Waals surface area (Å²) in [6.45, 7) is 5.90. The number of aliphatic hydroxyl groups is 1. The Morgan fingerprint density at radius 1 is 1.50 bits per heavy atom. The molecule has 1 aromatic rings. The van der Waals surface area contributed by atoms with Crippen molar-refractivity contribution in [2.75, 3.05) is 23.7 Å². The van der Waals surface area contributed by atoms with E-state index in [1.54, 1.807) is 6.20 Å². The van der Waals surface area contributed by atoms with Crippen LogP contribution in [0.2, 0.25) is 0 Å². The predicted molar refractivity (Wildman–Crippen MR) is 65.3 cm³/mol. The molecule has 4 nitrogen and oxygen atoms in total. The van der Waals surface area contributed by atoms with Gasteiger partial charge in [0.25, 0.3) is 0 Å². The molecule has 0 amide bonds. The zero-order chi connectivity index (χ0) is 11.8. The Kier molecular flexibility index (Phi) is 2.76. The first kappa shape index (κ1) is 11.2. The van der Waals surface area contributed by atoms with Gasteiger partial charge in [0.2, 0.25) is 0 Å². The maximum Gasteiger partial charge on any atom is 0.123 e. The van der Waals surface area contributed by atoms with Gasteiger partial charge in [-0.25, -0.2) is 4.98 Å². The van der Waals surface area contributed by atoms with E-state index in [1.165, 1.54) is 0 Å². The van der Waals surface area contributed by atoms with Crippen molar-refractivity contribution in [1.29, 1.82) is 0 Å². The molecule has 0 spiro atoms. The van der Waals surface area contributed by atoms with E-state index in [4.69, 9.17) is 5.73 Å². The van der Waals surface area contributed by atoms with Crippen molar-refractivity contribution in [3.8, 4) is 0 Å². The van der Waals surface area contributed by atoms with Gasteiger partial charge in [-0.3, -0.25) is 0 Å². The largest absolute Gasteiger partial charge is 0.392 e. The molecule has 1 aliphatic heterocycles. The van der Waals surface area contributed by atoms with Gasteiger partial charge in [-0.15, -0.1) is 0 Å². The van der Waals surface area contributed by atoms with E-state index in [0.717, 1.165) is 25.2 Å². The zero-order valence-electron chi connectivity index (χ0n) is 9.85. The fraction of sp³-hybridized carbons (Fsp3) is 0.583. The highest BCUT2D eigenvalue weighted by molar-refractivity contribution is 5.48. The predicted octanol–water partition coefficient (Wildman–Crippen LogP) is 1.26. The van der Waals surface area contributed by atoms with E-state index in [-0.39, 0.29) is 11.5 Å². The number of aromatic nitrogens is 1. The summed E-state index contributed by atoms with van der Waals surface area (Å²) in [5.74, 6) is 0.542. The normalized spacial score (nSPS) is 24.4. The molecule has 1 fully saturated rings. The van der Waals surface area contributed by atoms with Gasteiger partial charge < -0.3 is 15.7 Å². The number of pyridine rings is 1. The number of nitrogens with zero attached hydrogens (tertiary/aromatic N) is 2. The van der Waals surface area contributed by atoms with Crippen LogP contribution < -0.4 is 10.6 Å². The van der Waals surface area contributed by atoms with Crippen molar-refractivity contribution in [1.82, 2.24) is 4.98 Å². The fourth-order valence-electron chi connectivity index (χ4n) is 2.15. The van der Waals surface area contributed by atoms with Gasteiger partial charge in [0.1, 0.15) is 5.82 Å². The van der Waals surface area contributed by atoms with Crippen LogP contribution in [0.3, 0.4) is 0 Å². The number of nitrogens with two attached hydrogens (primary N) is 1. The van der Waals surface area contributed by atoms with E-state index in [9.17, 15) is 5.11 Å². The molecule has 1 aromatic heterocycles. The monoisotopic (exact) mass is 221 g/mol. The summed E-state index contributed by atoms with van der Waals surface area (Å²) in [5.41, 5.74) is 6.57. The van der Waals surface area contributed by atoms with Gasteiger partial charge in [-0.2, -0.15) is 0 Å². The first-order valence-electron chi connectivity index (χ1n) is 5.63. The number of hydrogen-bond donors (Lipinski definition) is 2. The van der Waals surface area contributed by atoms with Crippen molar-refractivity contribution in [3.05, 3.63) is 18.3 Å². The molecule has 0 bridgehead atoms. The lowest BCUT2D eigenvalue weighted by molar-refractivity contribution is 0.0336. The molecule has 1 aliphatic rings. The van der Waals surface area contributed by atoms with Crippen molar-refractivity contribution in [2.45, 2.75) is 26.4 Å². The van der Waals surface area contributed by atoms with Gasteiger partial charge in [0.05, 0.1) is 18.0 Å². The second kappa shape index (κ2) is 3.94. The Labute approximate surface area is 96.1 Å². The van der Waals surface area contributed by atoms with Crippen LogP contribution in [0.5, 0.6) is 0 Å². The molecule has 0 aliphatic carbocycles. The van der Waals surface area contributed by atoms with Gasteiger partial charge in [0, 0.05) is 18.5 Å². The molecule has 16 heavy (non-hydrogen) atoms. The SMILES string of the molecule is CC1(C)CN(c2ccc(N)nc2)CC[C@@H]1O. The highest BCUT2D eigenvalue weighted by Crippen LogP contribution is 2.31. The van der Waals surface area contributed by atoms with E-state index >= 15 is 0 Å². The second-order valence-corrected chi connectivity index (χ2v) is 5.16. The Balaban J connectivity index is 2.14. The zero-order valence-corrected chi connectivity index (χ0v) is 9.85. The molecule has 2 rings (SSSR count). The number of nitrogen functional groups attached to an aromatic ring is 1. The Morgan fingerprint density at radius 2 is 2.25 bits per heavy atom. The summed E-state index contributed by atoms with van der Waals surface area (Å²) < 4.78 is 0. The maximum absolute atomic E-state index is 9.88. The van der Waals surface area contributed by atoms with Crippen molar-refractivity contribution >= 4 is 11.5 Å². The van der Waals surface area contributed by atoms with E-state index in [0.29, 0.717) is 5.82 Å². The van der Waals surface area contributed by atoms with Crippen molar-refractivity contribution in [3.63, 3.8) is 0 Å². The van der Waals surface area contributed by atoms with Crippen LogP contribution in [0.25, 0.3) is 0 Å². The lowest BCUT2D eigenvalue weighted by atomic mass is 9.81. The molecule has 1 saturated heterocycles. The van der Waals surface area contributed by atoms with Crippen LogP contribution in [0, 0.1) is 5.41 Å². The summed E-state index contributed by atoms with van der Waals surface area (Å²) in [6, 6.07) is 3.80. The second-order valence-electron chi connectivity index (χ2n) is 5.16. The van der Waals surface area contributed by atoms with Crippen LogP contribution in [0.1, 0.15) is 20.3 Å². The fourth-order valence-corrected chi connectivity index (χ4v) is 2.15. The molecule has 0 radical (unpaired) electrons. The highest BCUT2D eigenvalue weighted by Gasteiger charge is 2.34. The summed E-state index contributed by atoms with van der Waals surface area (Å²) in [4.78, 5) is 6.34. The average Bonchev–Trinajstić information content (AvgIpc) is 2.23. The first-order chi connectivity index (χ1) is 7.49. The minimum Gasteiger partial charge on any atom is -0.392 e. The minimum atomic E-state index is -0.217. The molecule has 2 heterocycles.